The van der Waals surface area contributed by atoms with Crippen molar-refractivity contribution in [3.8, 4) is 0 Å². The number of methoxy groups -OCH3 is 2. The first kappa shape index (κ1) is 64.0. The Balaban J connectivity index is 1.39. The highest BCUT2D eigenvalue weighted by atomic mass is 32.2. The van der Waals surface area contributed by atoms with E-state index in [9.17, 15) is 43.5 Å². The minimum Gasteiger partial charge on any atom is -0.480 e. The lowest BCUT2D eigenvalue weighted by atomic mass is 9.89. The molecule has 1 saturated carbocycles. The van der Waals surface area contributed by atoms with Gasteiger partial charge in [-0.3, -0.25) is 38.5 Å². The number of nitrogens with zero attached hydrogens (tertiary/aromatic N) is 4. The molecule has 428 valence electrons. The molecule has 5 unspecified atom stereocenters. The van der Waals surface area contributed by atoms with E-state index in [1.54, 1.807) is 42.6 Å². The average Bonchev–Trinajstić information content (AvgIpc) is 3.94. The van der Waals surface area contributed by atoms with Gasteiger partial charge in [0.1, 0.15) is 18.1 Å². The third-order valence-electron chi connectivity index (χ3n) is 16.2. The number of unbranched alkanes of at least 4 members (excludes halogenated alkanes) is 2. The van der Waals surface area contributed by atoms with Crippen LogP contribution in [0.5, 0.6) is 0 Å². The molecule has 17 nitrogen and oxygen atoms in total. The number of carbonyl (C=O) groups excluding carboxylic acids is 7. The molecule has 2 aliphatic heterocycles. The second-order valence-corrected chi connectivity index (χ2v) is 25.3. The molecule has 1 aliphatic carbocycles. The van der Waals surface area contributed by atoms with Crippen LogP contribution in [0.2, 0.25) is 0 Å². The fourth-order valence-corrected chi connectivity index (χ4v) is 12.3. The monoisotopic (exact) mass is 1080 g/mol. The van der Waals surface area contributed by atoms with Crippen molar-refractivity contribution in [2.45, 2.75) is 200 Å². The first-order chi connectivity index (χ1) is 35.7. The van der Waals surface area contributed by atoms with E-state index in [1.165, 1.54) is 24.0 Å². The van der Waals surface area contributed by atoms with E-state index < -0.39 is 66.1 Å². The van der Waals surface area contributed by atoms with Gasteiger partial charge in [0.15, 0.2) is 0 Å². The van der Waals surface area contributed by atoms with Crippen LogP contribution in [0.1, 0.15) is 152 Å². The van der Waals surface area contributed by atoms with Crippen molar-refractivity contribution in [2.75, 3.05) is 47.2 Å². The van der Waals surface area contributed by atoms with E-state index in [-0.39, 0.29) is 89.1 Å². The number of hydrogen-bond acceptors (Lipinski definition) is 11. The molecular formula is C58H94N6O11S. The van der Waals surface area contributed by atoms with Crippen molar-refractivity contribution in [2.24, 2.45) is 34.5 Å². The summed E-state index contributed by atoms with van der Waals surface area (Å²) in [6.45, 7) is 20.5. The Labute approximate surface area is 458 Å². The van der Waals surface area contributed by atoms with Crippen LogP contribution in [0.4, 0.5) is 0 Å². The Morgan fingerprint density at radius 3 is 2.08 bits per heavy atom. The zero-order chi connectivity index (χ0) is 56.8. The zero-order valence-corrected chi connectivity index (χ0v) is 49.2. The van der Waals surface area contributed by atoms with Crippen LogP contribution >= 0.6 is 11.8 Å². The Morgan fingerprint density at radius 1 is 0.868 bits per heavy atom. The number of carboxylic acid groups (broad SMARTS) is 1. The number of carboxylic acids is 1. The Kier molecular flexibility index (Phi) is 24.3. The Hall–Kier alpha value is -4.55. The first-order valence-electron chi connectivity index (χ1n) is 27.9. The van der Waals surface area contributed by atoms with Crippen LogP contribution in [-0.2, 0) is 54.3 Å². The summed E-state index contributed by atoms with van der Waals surface area (Å²) in [6, 6.07) is 5.02. The number of likely N-dealkylation sites (N-methyl/N-ethyl adjacent to an activating group) is 2. The summed E-state index contributed by atoms with van der Waals surface area (Å²) >= 11 is 1.57. The number of amides is 7. The van der Waals surface area contributed by atoms with Crippen LogP contribution in [0.3, 0.4) is 0 Å². The number of carbonyl (C=O) groups is 8. The van der Waals surface area contributed by atoms with Gasteiger partial charge in [0.25, 0.3) is 0 Å². The lowest BCUT2D eigenvalue weighted by molar-refractivity contribution is -0.149. The number of thioether (sulfide) groups is 1. The molecule has 4 rings (SSSR count). The van der Waals surface area contributed by atoms with Gasteiger partial charge in [-0.15, -0.1) is 11.8 Å². The molecule has 3 N–H and O–H groups in total. The van der Waals surface area contributed by atoms with Crippen molar-refractivity contribution in [1.82, 2.24) is 30.2 Å². The fraction of sp³-hybridized carbons (Fsp3) is 0.759. The molecule has 0 aromatic heterocycles. The van der Waals surface area contributed by atoms with Crippen molar-refractivity contribution >= 4 is 59.1 Å². The number of nitrogens with one attached hydrogen (secondary N) is 2. The number of benzene rings is 1. The van der Waals surface area contributed by atoms with Gasteiger partial charge in [-0.25, -0.2) is 4.79 Å². The summed E-state index contributed by atoms with van der Waals surface area (Å²) in [7, 11) is 6.31. The number of ether oxygens (including phenoxy) is 2. The molecule has 0 bridgehead atoms. The van der Waals surface area contributed by atoms with Gasteiger partial charge in [0, 0.05) is 60.7 Å². The van der Waals surface area contributed by atoms with Crippen LogP contribution in [0, 0.1) is 34.5 Å². The maximum atomic E-state index is 14.8. The number of hydrogen-bond donors (Lipinski definition) is 3. The highest BCUT2D eigenvalue weighted by molar-refractivity contribution is 8.00. The summed E-state index contributed by atoms with van der Waals surface area (Å²) < 4.78 is 12.2. The summed E-state index contributed by atoms with van der Waals surface area (Å²) in [6.07, 6.45) is 5.84. The summed E-state index contributed by atoms with van der Waals surface area (Å²) in [5, 5.41) is 15.4. The SMILES string of the molecule is CC[C@H](C)[C@@H](C(CC(=O)N1CC2(CC2)CC1C(OC)C(C)C(=O)N[C@@H](Cc1ccccc1)C(=O)O)OC)N(C)C(=O)[C@@H](NC(=O)[C@H](C(C)C)N(C)C(=O)CCCCCN1C(=O)CC(SCCCC(C)(C)C)C1=O)C(C)C. The molecular weight excluding hydrogens is 989 g/mol. The predicted molar refractivity (Wildman–Crippen MR) is 296 cm³/mol. The number of aliphatic carboxylic acids is 1. The van der Waals surface area contributed by atoms with E-state index in [4.69, 9.17) is 9.47 Å². The van der Waals surface area contributed by atoms with Crippen molar-refractivity contribution < 1.29 is 52.9 Å². The fourth-order valence-electron chi connectivity index (χ4n) is 11.2. The molecule has 3 aliphatic rings. The standard InChI is InChI=1S/C58H94N6O11S/c1-15-38(6)50(43(74-13)32-46(66)64-35-58(27-28-58)34-42(64)51(75-14)39(7)52(68)59-41(56(72)73)31-40-23-18-16-19-24-40)62(12)55(71)48(36(2)3)60-53(69)49(37(4)5)61(11)45(65)25-20-17-21-29-63-47(67)33-44(54(63)70)76-30-22-26-57(8,9)10/h16,18-19,23-24,36-39,41-44,48-51H,15,17,20-22,25-35H2,1-14H3,(H,59,68)(H,60,69)(H,72,73)/t38-,39?,41-,42?,43?,44?,48-,49-,50-,51?/m0/s1. The van der Waals surface area contributed by atoms with Crippen LogP contribution in [-0.4, -0.2) is 167 Å². The molecule has 1 aromatic rings. The van der Waals surface area contributed by atoms with E-state index in [0.29, 0.717) is 45.2 Å². The van der Waals surface area contributed by atoms with Gasteiger partial charge >= 0.3 is 5.97 Å². The van der Waals surface area contributed by atoms with Crippen LogP contribution in [0.15, 0.2) is 30.3 Å². The average molecular weight is 1080 g/mol. The molecule has 10 atom stereocenters. The van der Waals surface area contributed by atoms with Gasteiger partial charge in [0.05, 0.1) is 41.9 Å². The maximum absolute atomic E-state index is 14.8. The largest absolute Gasteiger partial charge is 0.480 e. The highest BCUT2D eigenvalue weighted by Crippen LogP contribution is 2.56. The minimum atomic E-state index is -1.16. The Bertz CT molecular complexity index is 2130. The molecule has 76 heavy (non-hydrogen) atoms. The molecule has 0 radical (unpaired) electrons. The van der Waals surface area contributed by atoms with E-state index in [0.717, 1.165) is 37.0 Å². The molecule has 1 aromatic carbocycles. The van der Waals surface area contributed by atoms with Gasteiger partial charge in [0.2, 0.25) is 41.4 Å². The lowest BCUT2D eigenvalue weighted by Gasteiger charge is -2.41. The third-order valence-corrected chi connectivity index (χ3v) is 17.5. The van der Waals surface area contributed by atoms with E-state index in [2.05, 4.69) is 31.4 Å². The second-order valence-electron chi connectivity index (χ2n) is 24.0. The van der Waals surface area contributed by atoms with Gasteiger partial charge in [-0.1, -0.05) is 112 Å². The van der Waals surface area contributed by atoms with Crippen molar-refractivity contribution in [3.63, 3.8) is 0 Å². The molecule has 18 heteroatoms. The van der Waals surface area contributed by atoms with E-state index in [1.807, 2.05) is 71.9 Å². The number of imide groups is 1. The van der Waals surface area contributed by atoms with Crippen molar-refractivity contribution in [3.05, 3.63) is 35.9 Å². The van der Waals surface area contributed by atoms with E-state index >= 15 is 0 Å². The summed E-state index contributed by atoms with van der Waals surface area (Å²) in [5.41, 5.74) is 0.894. The first-order valence-corrected chi connectivity index (χ1v) is 29.0. The quantitative estimate of drug-likeness (QED) is 0.0508. The summed E-state index contributed by atoms with van der Waals surface area (Å²) in [4.78, 5) is 116. The molecule has 1 spiro atoms. The van der Waals surface area contributed by atoms with Gasteiger partial charge in [-0.2, -0.15) is 0 Å². The third kappa shape index (κ3) is 17.5. The summed E-state index contributed by atoms with van der Waals surface area (Å²) in [5.74, 6) is -3.90. The number of likely N-dealkylation sites (tertiary alicyclic amines) is 2. The molecule has 7 amide bonds. The number of rotatable bonds is 31. The highest BCUT2D eigenvalue weighted by Gasteiger charge is 2.56. The second kappa shape index (κ2) is 28.9. The predicted octanol–water partition coefficient (Wildman–Crippen LogP) is 6.98. The van der Waals surface area contributed by atoms with Gasteiger partial charge in [-0.05, 0) is 84.8 Å². The lowest BCUT2D eigenvalue weighted by Crippen LogP contribution is -2.60. The van der Waals surface area contributed by atoms with Gasteiger partial charge < -0.3 is 39.9 Å². The molecule has 3 fully saturated rings. The van der Waals surface area contributed by atoms with Crippen molar-refractivity contribution in [1.29, 1.82) is 0 Å². The minimum absolute atomic E-state index is 0.0714. The smallest absolute Gasteiger partial charge is 0.326 e. The normalized spacial score (nSPS) is 20.5. The Morgan fingerprint density at radius 2 is 1.53 bits per heavy atom. The topological polar surface area (TPSA) is 212 Å². The van der Waals surface area contributed by atoms with Crippen LogP contribution in [0.25, 0.3) is 0 Å². The molecule has 2 saturated heterocycles. The molecule has 2 heterocycles. The maximum Gasteiger partial charge on any atom is 0.326 e. The zero-order valence-electron chi connectivity index (χ0n) is 48.4. The van der Waals surface area contributed by atoms with Crippen LogP contribution < -0.4 is 10.6 Å².